The summed E-state index contributed by atoms with van der Waals surface area (Å²) >= 11 is 3.45. The van der Waals surface area contributed by atoms with Crippen LogP contribution in [-0.2, 0) is 6.54 Å². The second kappa shape index (κ2) is 6.04. The molecule has 0 aromatic heterocycles. The molecule has 0 aliphatic rings. The van der Waals surface area contributed by atoms with Crippen molar-refractivity contribution in [1.82, 2.24) is 5.32 Å². The molecule has 3 heteroatoms. The lowest BCUT2D eigenvalue weighted by Gasteiger charge is -2.10. The molecule has 0 radical (unpaired) electrons. The van der Waals surface area contributed by atoms with E-state index in [4.69, 9.17) is 4.74 Å². The van der Waals surface area contributed by atoms with Gasteiger partial charge in [0, 0.05) is 16.6 Å². The summed E-state index contributed by atoms with van der Waals surface area (Å²) in [6.07, 6.45) is 1.04. The normalized spacial score (nSPS) is 10.2. The van der Waals surface area contributed by atoms with Crippen molar-refractivity contribution in [2.75, 3.05) is 13.7 Å². The largest absolute Gasteiger partial charge is 0.493 e. The molecule has 78 valence electrons. The molecule has 0 aliphatic carbocycles. The van der Waals surface area contributed by atoms with Gasteiger partial charge in [-0.15, -0.1) is 0 Å². The van der Waals surface area contributed by atoms with Crippen LogP contribution in [0.1, 0.15) is 18.9 Å². The molecule has 1 aromatic carbocycles. The quantitative estimate of drug-likeness (QED) is 0.876. The van der Waals surface area contributed by atoms with E-state index in [1.165, 1.54) is 5.56 Å². The predicted octanol–water partition coefficient (Wildman–Crippen LogP) is 2.96. The highest BCUT2D eigenvalue weighted by molar-refractivity contribution is 9.10. The Morgan fingerprint density at radius 1 is 1.43 bits per heavy atom. The molecular weight excluding hydrogens is 242 g/mol. The van der Waals surface area contributed by atoms with E-state index in [0.717, 1.165) is 29.8 Å². The van der Waals surface area contributed by atoms with Crippen molar-refractivity contribution in [3.05, 3.63) is 28.2 Å². The number of ether oxygens (including phenoxy) is 1. The molecule has 0 fully saturated rings. The molecule has 0 saturated carbocycles. The Morgan fingerprint density at radius 3 is 2.86 bits per heavy atom. The molecular formula is C11H16BrNO. The summed E-state index contributed by atoms with van der Waals surface area (Å²) in [4.78, 5) is 0. The zero-order valence-corrected chi connectivity index (χ0v) is 10.2. The Morgan fingerprint density at radius 2 is 2.21 bits per heavy atom. The Labute approximate surface area is 93.8 Å². The van der Waals surface area contributed by atoms with E-state index >= 15 is 0 Å². The molecule has 0 atom stereocenters. The molecule has 14 heavy (non-hydrogen) atoms. The van der Waals surface area contributed by atoms with Crippen molar-refractivity contribution < 1.29 is 4.74 Å². The van der Waals surface area contributed by atoms with Gasteiger partial charge < -0.3 is 10.1 Å². The van der Waals surface area contributed by atoms with E-state index in [2.05, 4.69) is 34.2 Å². The van der Waals surface area contributed by atoms with Crippen LogP contribution in [0.2, 0.25) is 0 Å². The first-order valence-corrected chi connectivity index (χ1v) is 5.63. The standard InChI is InChI=1S/C11H16BrNO/c1-3-6-14-11-5-4-10(12)7-9(11)8-13-2/h4-5,7,13H,3,6,8H2,1-2H3. The highest BCUT2D eigenvalue weighted by atomic mass is 79.9. The second-order valence-electron chi connectivity index (χ2n) is 3.13. The van der Waals surface area contributed by atoms with E-state index in [1.807, 2.05) is 19.2 Å². The van der Waals surface area contributed by atoms with Crippen LogP contribution < -0.4 is 10.1 Å². The molecule has 2 nitrogen and oxygen atoms in total. The zero-order chi connectivity index (χ0) is 10.4. The minimum atomic E-state index is 0.776. The smallest absolute Gasteiger partial charge is 0.123 e. The maximum Gasteiger partial charge on any atom is 0.123 e. The van der Waals surface area contributed by atoms with Gasteiger partial charge in [0.15, 0.2) is 0 Å². The maximum absolute atomic E-state index is 5.63. The van der Waals surface area contributed by atoms with Gasteiger partial charge in [-0.05, 0) is 31.7 Å². The van der Waals surface area contributed by atoms with E-state index in [0.29, 0.717) is 0 Å². The Hall–Kier alpha value is -0.540. The second-order valence-corrected chi connectivity index (χ2v) is 4.05. The molecule has 0 heterocycles. The van der Waals surface area contributed by atoms with Crippen molar-refractivity contribution in [3.63, 3.8) is 0 Å². The first-order chi connectivity index (χ1) is 6.77. The molecule has 0 saturated heterocycles. The summed E-state index contributed by atoms with van der Waals surface area (Å²) < 4.78 is 6.72. The zero-order valence-electron chi connectivity index (χ0n) is 8.64. The number of hydrogen-bond acceptors (Lipinski definition) is 2. The molecule has 1 rings (SSSR count). The van der Waals surface area contributed by atoms with E-state index in [9.17, 15) is 0 Å². The van der Waals surface area contributed by atoms with E-state index in [-0.39, 0.29) is 0 Å². The Bertz CT molecular complexity index is 289. The van der Waals surface area contributed by atoms with Gasteiger partial charge in [0.2, 0.25) is 0 Å². The van der Waals surface area contributed by atoms with Crippen LogP contribution in [-0.4, -0.2) is 13.7 Å². The third-order valence-corrected chi connectivity index (χ3v) is 2.34. The van der Waals surface area contributed by atoms with Crippen LogP contribution >= 0.6 is 15.9 Å². The van der Waals surface area contributed by atoms with E-state index in [1.54, 1.807) is 0 Å². The molecule has 0 spiro atoms. The lowest BCUT2D eigenvalue weighted by atomic mass is 10.2. The lowest BCUT2D eigenvalue weighted by molar-refractivity contribution is 0.313. The molecule has 0 unspecified atom stereocenters. The molecule has 1 aromatic rings. The van der Waals surface area contributed by atoms with Crippen LogP contribution in [0.25, 0.3) is 0 Å². The van der Waals surface area contributed by atoms with Gasteiger partial charge in [0.25, 0.3) is 0 Å². The van der Waals surface area contributed by atoms with Gasteiger partial charge in [-0.3, -0.25) is 0 Å². The van der Waals surface area contributed by atoms with Gasteiger partial charge in [-0.25, -0.2) is 0 Å². The third-order valence-electron chi connectivity index (χ3n) is 1.85. The predicted molar refractivity (Wildman–Crippen MR) is 62.7 cm³/mol. The average Bonchev–Trinajstić information content (AvgIpc) is 2.17. The van der Waals surface area contributed by atoms with Crippen molar-refractivity contribution >= 4 is 15.9 Å². The van der Waals surface area contributed by atoms with Crippen LogP contribution in [0, 0.1) is 0 Å². The summed E-state index contributed by atoms with van der Waals surface area (Å²) in [6, 6.07) is 6.10. The number of nitrogens with one attached hydrogen (secondary N) is 1. The Kier molecular flexibility index (Phi) is 4.98. The summed E-state index contributed by atoms with van der Waals surface area (Å²) in [6.45, 7) is 3.72. The number of rotatable bonds is 5. The van der Waals surface area contributed by atoms with Crippen molar-refractivity contribution in [1.29, 1.82) is 0 Å². The first-order valence-electron chi connectivity index (χ1n) is 4.83. The van der Waals surface area contributed by atoms with Crippen LogP contribution in [0.15, 0.2) is 22.7 Å². The van der Waals surface area contributed by atoms with Crippen molar-refractivity contribution in [2.24, 2.45) is 0 Å². The lowest BCUT2D eigenvalue weighted by Crippen LogP contribution is -2.07. The van der Waals surface area contributed by atoms with E-state index < -0.39 is 0 Å². The first kappa shape index (κ1) is 11.5. The fourth-order valence-electron chi connectivity index (χ4n) is 1.23. The summed E-state index contributed by atoms with van der Waals surface area (Å²) in [5.74, 6) is 0.976. The van der Waals surface area contributed by atoms with Crippen molar-refractivity contribution in [2.45, 2.75) is 19.9 Å². The number of benzene rings is 1. The van der Waals surface area contributed by atoms with Gasteiger partial charge in [0.05, 0.1) is 6.61 Å². The van der Waals surface area contributed by atoms with Gasteiger partial charge >= 0.3 is 0 Å². The molecule has 0 amide bonds. The highest BCUT2D eigenvalue weighted by Crippen LogP contribution is 2.23. The SMILES string of the molecule is CCCOc1ccc(Br)cc1CNC. The number of hydrogen-bond donors (Lipinski definition) is 1. The highest BCUT2D eigenvalue weighted by Gasteiger charge is 2.02. The van der Waals surface area contributed by atoms with Gasteiger partial charge in [-0.1, -0.05) is 22.9 Å². The average molecular weight is 258 g/mol. The summed E-state index contributed by atoms with van der Waals surface area (Å²) in [5.41, 5.74) is 1.19. The summed E-state index contributed by atoms with van der Waals surface area (Å²) in [7, 11) is 1.94. The fourth-order valence-corrected chi connectivity index (χ4v) is 1.64. The van der Waals surface area contributed by atoms with Crippen LogP contribution in [0.3, 0.4) is 0 Å². The topological polar surface area (TPSA) is 21.3 Å². The minimum Gasteiger partial charge on any atom is -0.493 e. The third kappa shape index (κ3) is 3.31. The minimum absolute atomic E-state index is 0.776. The fraction of sp³-hybridized carbons (Fsp3) is 0.455. The van der Waals surface area contributed by atoms with Gasteiger partial charge in [-0.2, -0.15) is 0 Å². The molecule has 0 bridgehead atoms. The van der Waals surface area contributed by atoms with Crippen LogP contribution in [0.5, 0.6) is 5.75 Å². The molecule has 1 N–H and O–H groups in total. The monoisotopic (exact) mass is 257 g/mol. The molecule has 0 aliphatic heterocycles. The Balaban J connectivity index is 2.78. The summed E-state index contributed by atoms with van der Waals surface area (Å²) in [5, 5.41) is 3.13. The number of halogens is 1. The van der Waals surface area contributed by atoms with Crippen molar-refractivity contribution in [3.8, 4) is 5.75 Å². The maximum atomic E-state index is 5.63. The van der Waals surface area contributed by atoms with Gasteiger partial charge in [0.1, 0.15) is 5.75 Å². The van der Waals surface area contributed by atoms with Crippen LogP contribution in [0.4, 0.5) is 0 Å².